The zero-order valence-electron chi connectivity index (χ0n) is 34.1. The molecule has 0 spiro atoms. The summed E-state index contributed by atoms with van der Waals surface area (Å²) < 4.78 is 46.1. The Morgan fingerprint density at radius 2 is 1.80 bits per heavy atom. The summed E-state index contributed by atoms with van der Waals surface area (Å²) in [6, 6.07) is 8.46. The summed E-state index contributed by atoms with van der Waals surface area (Å²) in [4.78, 5) is 63.2. The zero-order valence-corrected chi connectivity index (χ0v) is 34.9. The molecule has 2 aromatic rings. The number of hydrogen-bond donors (Lipinski definition) is 1. The largest absolute Gasteiger partial charge is 0.475 e. The first-order valence-corrected chi connectivity index (χ1v) is 21.7. The Morgan fingerprint density at radius 3 is 2.48 bits per heavy atom. The molecule has 2 aliphatic carbocycles. The van der Waals surface area contributed by atoms with Crippen molar-refractivity contribution in [1.82, 2.24) is 14.6 Å². The lowest BCUT2D eigenvalue weighted by molar-refractivity contribution is -0.160. The van der Waals surface area contributed by atoms with Crippen LogP contribution in [0, 0.1) is 29.1 Å². The maximum atomic E-state index is 14.9. The number of aromatic nitrogens is 1. The van der Waals surface area contributed by atoms with Crippen molar-refractivity contribution in [3.63, 3.8) is 0 Å². The Morgan fingerprint density at radius 1 is 1.09 bits per heavy atom. The molecule has 1 saturated heterocycles. The number of benzene rings is 1. The van der Waals surface area contributed by atoms with E-state index < -0.39 is 55.7 Å². The van der Waals surface area contributed by atoms with E-state index >= 15 is 0 Å². The third kappa shape index (κ3) is 9.24. The molecule has 0 radical (unpaired) electrons. The van der Waals surface area contributed by atoms with Gasteiger partial charge in [-0.05, 0) is 109 Å². The Bertz CT molecular complexity index is 1980. The molecule has 12 nitrogen and oxygen atoms in total. The maximum absolute atomic E-state index is 14.9. The lowest BCUT2D eigenvalue weighted by Crippen LogP contribution is -2.48. The van der Waals surface area contributed by atoms with E-state index in [-0.39, 0.29) is 61.4 Å². The molecule has 2 saturated carbocycles. The van der Waals surface area contributed by atoms with Crippen LogP contribution in [0.25, 0.3) is 10.8 Å². The molecule has 7 atom stereocenters. The van der Waals surface area contributed by atoms with Crippen LogP contribution in [0.1, 0.15) is 113 Å². The average molecular weight is 794 g/mol. The molecular formula is C43H59N3O9S. The number of carbonyl (C=O) groups excluding carboxylic acids is 4. The minimum Gasteiger partial charge on any atom is -0.475 e. The number of rotatable bonds is 9. The minimum absolute atomic E-state index is 0.0445. The SMILES string of the molecule is CC(C)Oc1cc2ccccc2c(O[C@@H]2C[C@H]3C(=O)C[C@]4(C(=O)NS(=O)(=O)C5(C)CC5)C[C@H]4/C=C\CC[C@@H](C)C[C@@H](C)[C@H](CC(=O)OC(C)(C)C)C(=O)N3C2)n1. The van der Waals surface area contributed by atoms with Crippen LogP contribution in [-0.2, 0) is 33.9 Å². The molecule has 56 heavy (non-hydrogen) atoms. The van der Waals surface area contributed by atoms with Crippen LogP contribution in [0.2, 0.25) is 0 Å². The fourth-order valence-corrected chi connectivity index (χ4v) is 9.67. The number of sulfonamides is 1. The molecule has 3 heterocycles. The number of nitrogens with zero attached hydrogens (tertiary/aromatic N) is 2. The Balaban J connectivity index is 1.36. The molecule has 0 bridgehead atoms. The third-order valence-electron chi connectivity index (χ3n) is 11.9. The van der Waals surface area contributed by atoms with E-state index in [1.54, 1.807) is 27.7 Å². The summed E-state index contributed by atoms with van der Waals surface area (Å²) >= 11 is 0. The molecule has 1 N–H and O–H groups in total. The molecule has 0 unspecified atom stereocenters. The molecule has 3 fully saturated rings. The van der Waals surface area contributed by atoms with Gasteiger partial charge in [0.1, 0.15) is 11.7 Å². The van der Waals surface area contributed by atoms with Crippen molar-refractivity contribution in [1.29, 1.82) is 0 Å². The quantitative estimate of drug-likeness (QED) is 0.214. The van der Waals surface area contributed by atoms with E-state index in [4.69, 9.17) is 19.2 Å². The van der Waals surface area contributed by atoms with Gasteiger partial charge in [-0.15, -0.1) is 0 Å². The van der Waals surface area contributed by atoms with Gasteiger partial charge in [0.15, 0.2) is 5.78 Å². The number of ether oxygens (including phenoxy) is 3. The van der Waals surface area contributed by atoms with E-state index in [2.05, 4.69) is 11.6 Å². The van der Waals surface area contributed by atoms with Crippen LogP contribution in [0.5, 0.6) is 11.8 Å². The van der Waals surface area contributed by atoms with Crippen LogP contribution < -0.4 is 14.2 Å². The first kappa shape index (κ1) is 41.6. The van der Waals surface area contributed by atoms with Crippen LogP contribution in [0.15, 0.2) is 42.5 Å². The molecule has 1 aromatic heterocycles. The number of pyridine rings is 1. The normalized spacial score (nSPS) is 30.1. The lowest BCUT2D eigenvalue weighted by atomic mass is 9.82. The fraction of sp³-hybridized carbons (Fsp3) is 0.651. The van der Waals surface area contributed by atoms with Crippen molar-refractivity contribution in [3.05, 3.63) is 42.5 Å². The molecule has 2 amide bonds. The number of nitrogens with one attached hydrogen (secondary N) is 1. The van der Waals surface area contributed by atoms with Crippen LogP contribution in [0.4, 0.5) is 0 Å². The Kier molecular flexibility index (Phi) is 11.7. The van der Waals surface area contributed by atoms with Gasteiger partial charge >= 0.3 is 5.97 Å². The molecule has 6 rings (SSSR count). The third-order valence-corrected chi connectivity index (χ3v) is 14.1. The molecule has 306 valence electrons. The van der Waals surface area contributed by atoms with E-state index in [1.807, 2.05) is 63.3 Å². The summed E-state index contributed by atoms with van der Waals surface area (Å²) in [5.74, 6) is -2.31. The monoisotopic (exact) mass is 793 g/mol. The van der Waals surface area contributed by atoms with Crippen LogP contribution >= 0.6 is 0 Å². The summed E-state index contributed by atoms with van der Waals surface area (Å²) in [7, 11) is -3.95. The highest BCUT2D eigenvalue weighted by Gasteiger charge is 2.62. The summed E-state index contributed by atoms with van der Waals surface area (Å²) in [5.41, 5.74) is -2.02. The van der Waals surface area contributed by atoms with E-state index in [0.29, 0.717) is 37.4 Å². The lowest BCUT2D eigenvalue weighted by Gasteiger charge is -2.32. The number of amides is 2. The average Bonchev–Trinajstić information content (AvgIpc) is 3.97. The van der Waals surface area contributed by atoms with Crippen molar-refractivity contribution in [3.8, 4) is 11.8 Å². The van der Waals surface area contributed by atoms with Crippen LogP contribution in [0.3, 0.4) is 0 Å². The van der Waals surface area contributed by atoms with Gasteiger partial charge in [-0.3, -0.25) is 23.9 Å². The van der Waals surface area contributed by atoms with Crippen molar-refractivity contribution in [2.75, 3.05) is 6.54 Å². The predicted octanol–water partition coefficient (Wildman–Crippen LogP) is 6.69. The number of ketones is 1. The second-order valence-electron chi connectivity index (χ2n) is 18.4. The van der Waals surface area contributed by atoms with Crippen molar-refractivity contribution in [2.45, 2.75) is 142 Å². The van der Waals surface area contributed by atoms with Crippen molar-refractivity contribution >= 4 is 44.4 Å². The highest BCUT2D eigenvalue weighted by Crippen LogP contribution is 2.57. The van der Waals surface area contributed by atoms with E-state index in [1.165, 1.54) is 4.90 Å². The Labute approximate surface area is 331 Å². The molecule has 13 heteroatoms. The van der Waals surface area contributed by atoms with Gasteiger partial charge in [-0.1, -0.05) is 44.2 Å². The second kappa shape index (κ2) is 15.7. The van der Waals surface area contributed by atoms with Crippen molar-refractivity contribution < 1.29 is 41.8 Å². The first-order chi connectivity index (χ1) is 26.2. The van der Waals surface area contributed by atoms with E-state index in [0.717, 1.165) is 23.6 Å². The van der Waals surface area contributed by atoms with Gasteiger partial charge in [-0.25, -0.2) is 8.42 Å². The second-order valence-corrected chi connectivity index (χ2v) is 20.5. The molecule has 1 aromatic carbocycles. The summed E-state index contributed by atoms with van der Waals surface area (Å²) in [6.45, 7) is 14.9. The van der Waals surface area contributed by atoms with Gasteiger partial charge in [0.2, 0.25) is 33.6 Å². The number of carbonyl (C=O) groups is 4. The highest BCUT2D eigenvalue weighted by atomic mass is 32.2. The van der Waals surface area contributed by atoms with Gasteiger partial charge in [0, 0.05) is 24.3 Å². The number of Topliss-reactive ketones (excluding diaryl/α,β-unsaturated/α-hetero) is 1. The molecular weight excluding hydrogens is 735 g/mol. The maximum Gasteiger partial charge on any atom is 0.307 e. The number of allylic oxidation sites excluding steroid dienone is 2. The standard InChI is InChI=1S/C43H59N3O9S/c1-26(2)53-36-20-29-14-10-12-16-32(29)38(44-36)54-31-21-34-35(47)24-43(40(50)45-56(51,52)42(8)17-18-42)23-30(43)15-11-9-13-27(3)19-28(4)33(39(49)46(34)25-31)22-37(48)55-41(5,6)7/h10-12,14-16,20,26-28,30-31,33-34H,9,13,17-19,21-25H2,1-8H3,(H,45,50)/b15-11-/t27-,28-,30-,31-,33+,34+,43-/m1/s1. The van der Waals surface area contributed by atoms with Gasteiger partial charge in [-0.2, -0.15) is 4.98 Å². The Hall–Kier alpha value is -4.00. The predicted molar refractivity (Wildman–Crippen MR) is 212 cm³/mol. The topological polar surface area (TPSA) is 158 Å². The van der Waals surface area contributed by atoms with Gasteiger partial charge in [0.05, 0.1) is 41.2 Å². The smallest absolute Gasteiger partial charge is 0.307 e. The van der Waals surface area contributed by atoms with Gasteiger partial charge < -0.3 is 19.1 Å². The van der Waals surface area contributed by atoms with Gasteiger partial charge in [0.25, 0.3) is 0 Å². The number of esters is 1. The molecule has 2 aliphatic heterocycles. The summed E-state index contributed by atoms with van der Waals surface area (Å²) in [5, 5.41) is 1.59. The first-order valence-electron chi connectivity index (χ1n) is 20.2. The minimum atomic E-state index is -3.95. The zero-order chi connectivity index (χ0) is 40.8. The number of fused-ring (bicyclic) bond motifs is 3. The fourth-order valence-electron chi connectivity index (χ4n) is 8.34. The van der Waals surface area contributed by atoms with Crippen molar-refractivity contribution in [2.24, 2.45) is 29.1 Å². The molecule has 4 aliphatic rings. The van der Waals surface area contributed by atoms with Crippen LogP contribution in [-0.4, -0.2) is 77.0 Å². The highest BCUT2D eigenvalue weighted by molar-refractivity contribution is 7.91. The summed E-state index contributed by atoms with van der Waals surface area (Å²) in [6.07, 6.45) is 6.33. The number of hydrogen-bond acceptors (Lipinski definition) is 10. The van der Waals surface area contributed by atoms with E-state index in [9.17, 15) is 27.6 Å².